The van der Waals surface area contributed by atoms with Gasteiger partial charge in [-0.3, -0.25) is 0 Å². The van der Waals surface area contributed by atoms with Gasteiger partial charge in [-0.1, -0.05) is 18.2 Å². The number of furan rings is 1. The molecule has 2 amide bonds. The highest BCUT2D eigenvalue weighted by molar-refractivity contribution is 5.78. The number of fused-ring (bicyclic) bond motifs is 1. The van der Waals surface area contributed by atoms with Crippen molar-refractivity contribution in [2.24, 2.45) is 0 Å². The summed E-state index contributed by atoms with van der Waals surface area (Å²) in [6, 6.07) is 9.37. The molecular formula is C15H20N2O3. The van der Waals surface area contributed by atoms with Gasteiger partial charge >= 0.3 is 6.03 Å². The number of aliphatic hydroxyl groups is 1. The lowest BCUT2D eigenvalue weighted by Crippen LogP contribution is -2.44. The van der Waals surface area contributed by atoms with Gasteiger partial charge in [-0.25, -0.2) is 4.79 Å². The summed E-state index contributed by atoms with van der Waals surface area (Å²) in [6.45, 7) is 3.91. The van der Waals surface area contributed by atoms with E-state index in [2.05, 4.69) is 5.32 Å². The van der Waals surface area contributed by atoms with E-state index in [-0.39, 0.29) is 12.6 Å². The molecule has 5 nitrogen and oxygen atoms in total. The van der Waals surface area contributed by atoms with E-state index in [1.54, 1.807) is 20.9 Å². The third-order valence-electron chi connectivity index (χ3n) is 2.86. The molecule has 108 valence electrons. The Labute approximate surface area is 118 Å². The lowest BCUT2D eigenvalue weighted by Gasteiger charge is -2.25. The van der Waals surface area contributed by atoms with Crippen LogP contribution >= 0.6 is 0 Å². The highest BCUT2D eigenvalue weighted by atomic mass is 16.3. The van der Waals surface area contributed by atoms with Gasteiger partial charge in [0.25, 0.3) is 0 Å². The van der Waals surface area contributed by atoms with Crippen LogP contribution < -0.4 is 5.32 Å². The summed E-state index contributed by atoms with van der Waals surface area (Å²) in [4.78, 5) is 13.3. The fourth-order valence-corrected chi connectivity index (χ4v) is 2.07. The maximum atomic E-state index is 11.9. The molecule has 0 aliphatic rings. The van der Waals surface area contributed by atoms with E-state index in [9.17, 15) is 9.90 Å². The van der Waals surface area contributed by atoms with Gasteiger partial charge in [-0.15, -0.1) is 0 Å². The van der Waals surface area contributed by atoms with Gasteiger partial charge < -0.3 is 19.7 Å². The minimum atomic E-state index is -0.911. The average molecular weight is 276 g/mol. The van der Waals surface area contributed by atoms with Crippen molar-refractivity contribution in [1.82, 2.24) is 10.2 Å². The Morgan fingerprint density at radius 3 is 2.75 bits per heavy atom. The fraction of sp³-hybridized carbons (Fsp3) is 0.400. The number of hydrogen-bond donors (Lipinski definition) is 2. The molecule has 0 spiro atoms. The van der Waals surface area contributed by atoms with E-state index in [0.717, 1.165) is 11.0 Å². The van der Waals surface area contributed by atoms with Crippen molar-refractivity contribution in [1.29, 1.82) is 0 Å². The Hall–Kier alpha value is -2.01. The topological polar surface area (TPSA) is 65.7 Å². The number of para-hydroxylation sites is 1. The Bertz CT molecular complexity index is 565. The molecule has 2 N–H and O–H groups in total. The third kappa shape index (κ3) is 3.74. The maximum absolute atomic E-state index is 11.9. The Morgan fingerprint density at radius 1 is 1.40 bits per heavy atom. The van der Waals surface area contributed by atoms with Gasteiger partial charge in [0.2, 0.25) is 0 Å². The average Bonchev–Trinajstić information content (AvgIpc) is 2.76. The number of nitrogens with one attached hydrogen (secondary N) is 1. The van der Waals surface area contributed by atoms with Crippen LogP contribution in [0.5, 0.6) is 0 Å². The molecule has 1 aromatic heterocycles. The van der Waals surface area contributed by atoms with Crippen molar-refractivity contribution in [3.8, 4) is 0 Å². The first kappa shape index (κ1) is 14.4. The van der Waals surface area contributed by atoms with Crippen LogP contribution in [-0.2, 0) is 6.54 Å². The smallest absolute Gasteiger partial charge is 0.317 e. The lowest BCUT2D eigenvalue weighted by atomic mass is 10.1. The van der Waals surface area contributed by atoms with Crippen LogP contribution in [0, 0.1) is 0 Å². The number of hydrogen-bond acceptors (Lipinski definition) is 3. The normalized spacial score (nSPS) is 11.6. The molecule has 5 heteroatoms. The van der Waals surface area contributed by atoms with Gasteiger partial charge in [0, 0.05) is 12.4 Å². The molecule has 0 radical (unpaired) electrons. The number of amides is 2. The van der Waals surface area contributed by atoms with E-state index in [1.807, 2.05) is 30.3 Å². The molecule has 1 heterocycles. The minimum absolute atomic E-state index is 0.243. The molecule has 0 atom stereocenters. The second kappa shape index (κ2) is 5.54. The highest BCUT2D eigenvalue weighted by Crippen LogP contribution is 2.18. The van der Waals surface area contributed by atoms with Crippen molar-refractivity contribution < 1.29 is 14.3 Å². The van der Waals surface area contributed by atoms with Crippen molar-refractivity contribution in [2.45, 2.75) is 26.0 Å². The quantitative estimate of drug-likeness (QED) is 0.900. The molecule has 20 heavy (non-hydrogen) atoms. The molecule has 0 bridgehead atoms. The molecule has 2 rings (SSSR count). The van der Waals surface area contributed by atoms with E-state index in [4.69, 9.17) is 4.42 Å². The van der Waals surface area contributed by atoms with Crippen molar-refractivity contribution >= 4 is 17.0 Å². The largest absolute Gasteiger partial charge is 0.459 e. The van der Waals surface area contributed by atoms with E-state index >= 15 is 0 Å². The standard InChI is InChI=1S/C15H20N2O3/c1-15(2,19)10-17(3)14(18)16-9-12-8-11-6-4-5-7-13(11)20-12/h4-8,19H,9-10H2,1-3H3,(H,16,18). The molecular weight excluding hydrogens is 256 g/mol. The van der Waals surface area contributed by atoms with Crippen LogP contribution in [0.25, 0.3) is 11.0 Å². The van der Waals surface area contributed by atoms with Gasteiger partial charge in [0.15, 0.2) is 0 Å². The summed E-state index contributed by atoms with van der Waals surface area (Å²) in [5.41, 5.74) is -0.104. The number of urea groups is 1. The monoisotopic (exact) mass is 276 g/mol. The summed E-state index contributed by atoms with van der Waals surface area (Å²) in [7, 11) is 1.64. The third-order valence-corrected chi connectivity index (χ3v) is 2.86. The molecule has 0 fully saturated rings. The minimum Gasteiger partial charge on any atom is -0.459 e. The number of rotatable bonds is 4. The zero-order chi connectivity index (χ0) is 14.8. The zero-order valence-electron chi connectivity index (χ0n) is 12.0. The number of carbonyl (C=O) groups excluding carboxylic acids is 1. The van der Waals surface area contributed by atoms with Crippen LogP contribution in [-0.4, -0.2) is 35.2 Å². The van der Waals surface area contributed by atoms with Gasteiger partial charge in [-0.2, -0.15) is 0 Å². The summed E-state index contributed by atoms with van der Waals surface area (Å²) in [5.74, 6) is 0.705. The summed E-state index contributed by atoms with van der Waals surface area (Å²) in [6.07, 6.45) is 0. The molecule has 1 aromatic carbocycles. The number of nitrogens with zero attached hydrogens (tertiary/aromatic N) is 1. The zero-order valence-corrected chi connectivity index (χ0v) is 12.0. The van der Waals surface area contributed by atoms with Gasteiger partial charge in [0.05, 0.1) is 18.7 Å². The maximum Gasteiger partial charge on any atom is 0.317 e. The summed E-state index contributed by atoms with van der Waals surface area (Å²) in [5, 5.41) is 13.5. The Morgan fingerprint density at radius 2 is 2.10 bits per heavy atom. The van der Waals surface area contributed by atoms with Crippen LogP contribution in [0.3, 0.4) is 0 Å². The highest BCUT2D eigenvalue weighted by Gasteiger charge is 2.19. The Balaban J connectivity index is 1.93. The van der Waals surface area contributed by atoms with E-state index < -0.39 is 5.60 Å². The predicted molar refractivity (Wildman–Crippen MR) is 77.4 cm³/mol. The van der Waals surface area contributed by atoms with Crippen LogP contribution in [0.1, 0.15) is 19.6 Å². The van der Waals surface area contributed by atoms with Crippen molar-refractivity contribution in [3.63, 3.8) is 0 Å². The first-order valence-electron chi connectivity index (χ1n) is 6.54. The van der Waals surface area contributed by atoms with Crippen molar-refractivity contribution in [3.05, 3.63) is 36.1 Å². The van der Waals surface area contributed by atoms with Gasteiger partial charge in [-0.05, 0) is 26.0 Å². The second-order valence-electron chi connectivity index (χ2n) is 5.58. The number of likely N-dealkylation sites (N-methyl/N-ethyl adjacent to an activating group) is 1. The van der Waals surface area contributed by atoms with Crippen LogP contribution in [0.4, 0.5) is 4.79 Å². The Kier molecular flexibility index (Phi) is 3.99. The van der Waals surface area contributed by atoms with Crippen molar-refractivity contribution in [2.75, 3.05) is 13.6 Å². The molecule has 0 aliphatic heterocycles. The molecule has 0 aliphatic carbocycles. The van der Waals surface area contributed by atoms with Crippen LogP contribution in [0.15, 0.2) is 34.7 Å². The summed E-state index contributed by atoms with van der Waals surface area (Å²) < 4.78 is 5.62. The number of carbonyl (C=O) groups is 1. The molecule has 0 saturated heterocycles. The van der Waals surface area contributed by atoms with Crippen LogP contribution in [0.2, 0.25) is 0 Å². The first-order chi connectivity index (χ1) is 9.35. The lowest BCUT2D eigenvalue weighted by molar-refractivity contribution is 0.0531. The van der Waals surface area contributed by atoms with E-state index in [0.29, 0.717) is 12.3 Å². The summed E-state index contributed by atoms with van der Waals surface area (Å²) >= 11 is 0. The predicted octanol–water partition coefficient (Wildman–Crippen LogP) is 2.35. The fourth-order valence-electron chi connectivity index (χ4n) is 2.07. The molecule has 2 aromatic rings. The SMILES string of the molecule is CN(CC(C)(C)O)C(=O)NCc1cc2ccccc2o1. The van der Waals surface area contributed by atoms with E-state index in [1.165, 1.54) is 4.90 Å². The molecule has 0 saturated carbocycles. The second-order valence-corrected chi connectivity index (χ2v) is 5.58. The molecule has 0 unspecified atom stereocenters. The van der Waals surface area contributed by atoms with Gasteiger partial charge in [0.1, 0.15) is 11.3 Å². The first-order valence-corrected chi connectivity index (χ1v) is 6.54. The number of benzene rings is 1.